The van der Waals surface area contributed by atoms with Crippen LogP contribution < -0.4 is 5.32 Å². The van der Waals surface area contributed by atoms with E-state index in [9.17, 15) is 4.79 Å². The van der Waals surface area contributed by atoms with E-state index in [1.54, 1.807) is 0 Å². The Morgan fingerprint density at radius 2 is 1.81 bits per heavy atom. The van der Waals surface area contributed by atoms with Gasteiger partial charge in [0, 0.05) is 31.1 Å². The second-order valence-corrected chi connectivity index (χ2v) is 14.2. The fraction of sp³-hybridized carbons (Fsp3) is 0.611. The molecule has 1 aliphatic rings. The van der Waals surface area contributed by atoms with Crippen molar-refractivity contribution in [3.05, 3.63) is 34.9 Å². The van der Waals surface area contributed by atoms with Crippen molar-refractivity contribution >= 4 is 13.9 Å². The van der Waals surface area contributed by atoms with E-state index in [2.05, 4.69) is 58.7 Å². The van der Waals surface area contributed by atoms with E-state index < -0.39 is 8.07 Å². The highest BCUT2D eigenvalue weighted by Gasteiger charge is 2.43. The van der Waals surface area contributed by atoms with Gasteiger partial charge < -0.3 is 5.32 Å². The van der Waals surface area contributed by atoms with Crippen molar-refractivity contribution in [3.63, 3.8) is 0 Å². The zero-order chi connectivity index (χ0) is 16.0. The van der Waals surface area contributed by atoms with Crippen molar-refractivity contribution in [1.82, 2.24) is 5.32 Å². The first kappa shape index (κ1) is 16.4. The summed E-state index contributed by atoms with van der Waals surface area (Å²) in [4.78, 5) is 12.9. The number of ketones is 1. The molecule has 0 fully saturated rings. The number of hydrogen-bond acceptors (Lipinski definition) is 2. The van der Waals surface area contributed by atoms with Crippen LogP contribution in [0.3, 0.4) is 0 Å². The summed E-state index contributed by atoms with van der Waals surface area (Å²) in [5, 5.41) is 3.72. The molecule has 0 saturated carbocycles. The van der Waals surface area contributed by atoms with Crippen LogP contribution in [-0.4, -0.2) is 19.4 Å². The summed E-state index contributed by atoms with van der Waals surface area (Å²) >= 11 is 0. The predicted molar refractivity (Wildman–Crippen MR) is 92.8 cm³/mol. The van der Waals surface area contributed by atoms with Crippen LogP contribution in [0.15, 0.2) is 18.2 Å². The topological polar surface area (TPSA) is 29.1 Å². The van der Waals surface area contributed by atoms with Crippen molar-refractivity contribution in [2.24, 2.45) is 5.92 Å². The van der Waals surface area contributed by atoms with Gasteiger partial charge in [0.25, 0.3) is 0 Å². The third-order valence-electron chi connectivity index (χ3n) is 4.06. The lowest BCUT2D eigenvalue weighted by Gasteiger charge is -2.32. The van der Waals surface area contributed by atoms with E-state index in [1.165, 1.54) is 11.1 Å². The first-order valence-electron chi connectivity index (χ1n) is 7.91. The number of Topliss-reactive ketones (excluding diaryl/α,β-unsaturated/α-hetero) is 1. The summed E-state index contributed by atoms with van der Waals surface area (Å²) in [6, 6.07) is 7.36. The molecule has 21 heavy (non-hydrogen) atoms. The van der Waals surface area contributed by atoms with Crippen LogP contribution in [0.4, 0.5) is 0 Å². The van der Waals surface area contributed by atoms with E-state index >= 15 is 0 Å². The summed E-state index contributed by atoms with van der Waals surface area (Å²) in [5.41, 5.74) is 3.42. The standard InChI is InChI=1S/C18H29NOSi/c1-12-9-8-10-13-15(12)16(19-18(2,3)4)14(17(13)20)11-21(5,6)7/h8-10,14,16,19H,11H2,1-7H3. The Bertz CT molecular complexity index is 551. The van der Waals surface area contributed by atoms with Gasteiger partial charge in [-0.3, -0.25) is 4.79 Å². The van der Waals surface area contributed by atoms with E-state index in [1.807, 2.05) is 12.1 Å². The molecule has 1 aromatic carbocycles. The molecule has 0 saturated heterocycles. The Kier molecular flexibility index (Phi) is 4.20. The van der Waals surface area contributed by atoms with E-state index in [0.29, 0.717) is 5.78 Å². The molecule has 1 N–H and O–H groups in total. The molecule has 0 aromatic heterocycles. The molecule has 3 heteroatoms. The maximum Gasteiger partial charge on any atom is 0.167 e. The summed E-state index contributed by atoms with van der Waals surface area (Å²) < 4.78 is 0. The highest BCUT2D eigenvalue weighted by Crippen LogP contribution is 2.42. The van der Waals surface area contributed by atoms with Crippen molar-refractivity contribution in [1.29, 1.82) is 0 Å². The normalized spacial score (nSPS) is 22.5. The van der Waals surface area contributed by atoms with Crippen LogP contribution >= 0.6 is 0 Å². The average Bonchev–Trinajstić information content (AvgIpc) is 2.52. The number of nitrogens with one attached hydrogen (secondary N) is 1. The molecule has 2 atom stereocenters. The van der Waals surface area contributed by atoms with Crippen LogP contribution in [0.25, 0.3) is 0 Å². The molecule has 2 nitrogen and oxygen atoms in total. The molecule has 1 aliphatic carbocycles. The lowest BCUT2D eigenvalue weighted by Crippen LogP contribution is -2.43. The lowest BCUT2D eigenvalue weighted by molar-refractivity contribution is 0.0919. The van der Waals surface area contributed by atoms with Crippen LogP contribution in [0.1, 0.15) is 48.3 Å². The van der Waals surface area contributed by atoms with E-state index in [4.69, 9.17) is 0 Å². The van der Waals surface area contributed by atoms with Gasteiger partial charge in [-0.05, 0) is 44.9 Å². The van der Waals surface area contributed by atoms with Crippen molar-refractivity contribution in [2.45, 2.75) is 65.0 Å². The average molecular weight is 304 g/mol. The first-order chi connectivity index (χ1) is 9.49. The smallest absolute Gasteiger partial charge is 0.167 e. The second kappa shape index (κ2) is 5.36. The number of carbonyl (C=O) groups is 1. The van der Waals surface area contributed by atoms with Crippen LogP contribution in [-0.2, 0) is 0 Å². The number of benzene rings is 1. The van der Waals surface area contributed by atoms with Gasteiger partial charge in [0.2, 0.25) is 0 Å². The summed E-state index contributed by atoms with van der Waals surface area (Å²) in [7, 11) is -1.30. The largest absolute Gasteiger partial charge is 0.305 e. The number of aryl methyl sites for hydroxylation is 1. The highest BCUT2D eigenvalue weighted by molar-refractivity contribution is 6.76. The minimum Gasteiger partial charge on any atom is -0.305 e. The summed E-state index contributed by atoms with van der Waals surface area (Å²) in [6.45, 7) is 15.7. The van der Waals surface area contributed by atoms with E-state index in [-0.39, 0.29) is 17.5 Å². The van der Waals surface area contributed by atoms with Gasteiger partial charge in [-0.15, -0.1) is 0 Å². The lowest BCUT2D eigenvalue weighted by atomic mass is 9.95. The Balaban J connectivity index is 2.47. The zero-order valence-corrected chi connectivity index (χ0v) is 15.5. The number of hydrogen-bond donors (Lipinski definition) is 1. The maximum absolute atomic E-state index is 12.9. The van der Waals surface area contributed by atoms with Gasteiger partial charge in [-0.25, -0.2) is 0 Å². The van der Waals surface area contributed by atoms with Crippen molar-refractivity contribution in [3.8, 4) is 0 Å². The Morgan fingerprint density at radius 1 is 1.19 bits per heavy atom. The van der Waals surface area contributed by atoms with Crippen LogP contribution in [0.5, 0.6) is 0 Å². The van der Waals surface area contributed by atoms with Gasteiger partial charge in [0.05, 0.1) is 0 Å². The Hall–Kier alpha value is -0.933. The molecule has 0 aliphatic heterocycles. The molecule has 116 valence electrons. The fourth-order valence-corrected chi connectivity index (χ4v) is 5.11. The van der Waals surface area contributed by atoms with Gasteiger partial charge in [0.15, 0.2) is 5.78 Å². The Morgan fingerprint density at radius 3 is 2.33 bits per heavy atom. The molecule has 1 aromatic rings. The minimum atomic E-state index is -1.30. The van der Waals surface area contributed by atoms with Crippen molar-refractivity contribution < 1.29 is 4.79 Å². The number of carbonyl (C=O) groups excluding carboxylic acids is 1. The molecule has 0 radical (unpaired) electrons. The predicted octanol–water partition coefficient (Wildman–Crippen LogP) is 4.57. The molecule has 0 heterocycles. The van der Waals surface area contributed by atoms with Crippen LogP contribution in [0.2, 0.25) is 25.7 Å². The molecule has 0 amide bonds. The van der Waals surface area contributed by atoms with E-state index in [0.717, 1.165) is 11.6 Å². The van der Waals surface area contributed by atoms with Crippen LogP contribution in [0, 0.1) is 12.8 Å². The summed E-state index contributed by atoms with van der Waals surface area (Å²) in [6.07, 6.45) is 0. The first-order valence-corrected chi connectivity index (χ1v) is 11.6. The zero-order valence-electron chi connectivity index (χ0n) is 14.5. The molecular weight excluding hydrogens is 274 g/mol. The summed E-state index contributed by atoms with van der Waals surface area (Å²) in [5.74, 6) is 0.449. The monoisotopic (exact) mass is 303 g/mol. The molecule has 2 unspecified atom stereocenters. The molecule has 0 bridgehead atoms. The van der Waals surface area contributed by atoms with Gasteiger partial charge in [0.1, 0.15) is 0 Å². The van der Waals surface area contributed by atoms with Gasteiger partial charge in [-0.2, -0.15) is 0 Å². The van der Waals surface area contributed by atoms with Crippen molar-refractivity contribution in [2.75, 3.05) is 0 Å². The number of rotatable bonds is 3. The second-order valence-electron chi connectivity index (χ2n) is 8.64. The third kappa shape index (κ3) is 3.64. The minimum absolute atomic E-state index is 0.00648. The van der Waals surface area contributed by atoms with Gasteiger partial charge in [-0.1, -0.05) is 37.8 Å². The molecule has 2 rings (SSSR count). The SMILES string of the molecule is Cc1cccc2c1C(NC(C)(C)C)C(C[Si](C)(C)C)C2=O. The highest BCUT2D eigenvalue weighted by atomic mass is 28.3. The Labute approximate surface area is 130 Å². The fourth-order valence-electron chi connectivity index (χ4n) is 3.37. The molecule has 0 spiro atoms. The number of fused-ring (bicyclic) bond motifs is 1. The third-order valence-corrected chi connectivity index (χ3v) is 5.73. The quantitative estimate of drug-likeness (QED) is 0.828. The molecular formula is C18H29NOSi. The van der Waals surface area contributed by atoms with Gasteiger partial charge >= 0.3 is 0 Å². The maximum atomic E-state index is 12.9.